The van der Waals surface area contributed by atoms with Gasteiger partial charge in [0.05, 0.1) is 6.10 Å². The molecule has 2 aromatic carbocycles. The molecule has 7 heteroatoms. The molecule has 0 saturated carbocycles. The summed E-state index contributed by atoms with van der Waals surface area (Å²) in [6.07, 6.45) is 5.60. The van der Waals surface area contributed by atoms with Crippen molar-refractivity contribution in [2.45, 2.75) is 46.3 Å². The van der Waals surface area contributed by atoms with Crippen LogP contribution < -0.4 is 10.8 Å². The first-order valence-corrected chi connectivity index (χ1v) is 10.8. The number of carbonyl (C=O) groups excluding carboxylic acids is 2. The predicted molar refractivity (Wildman–Crippen MR) is 130 cm³/mol. The van der Waals surface area contributed by atoms with Gasteiger partial charge in [-0.15, -0.1) is 0 Å². The molecule has 2 amide bonds. The highest BCUT2D eigenvalue weighted by atomic mass is 16.5. The first-order valence-electron chi connectivity index (χ1n) is 10.8. The summed E-state index contributed by atoms with van der Waals surface area (Å²) >= 11 is 0. The highest BCUT2D eigenvalue weighted by Crippen LogP contribution is 2.18. The zero-order valence-corrected chi connectivity index (χ0v) is 19.4. The number of hydrogen-bond acceptors (Lipinski definition) is 5. The number of benzene rings is 2. The molecule has 0 bridgehead atoms. The maximum absolute atomic E-state index is 12.4. The van der Waals surface area contributed by atoms with Gasteiger partial charge in [-0.25, -0.2) is 5.48 Å². The van der Waals surface area contributed by atoms with Crippen molar-refractivity contribution in [2.24, 2.45) is 4.99 Å². The van der Waals surface area contributed by atoms with Crippen LogP contribution in [0.3, 0.4) is 0 Å². The molecule has 2 atom stereocenters. The number of aliphatic hydroxyl groups excluding tert-OH is 1. The minimum Gasteiger partial charge on any atom is -0.391 e. The van der Waals surface area contributed by atoms with Crippen molar-refractivity contribution in [3.8, 4) is 0 Å². The fourth-order valence-electron chi connectivity index (χ4n) is 3.13. The van der Waals surface area contributed by atoms with Crippen LogP contribution >= 0.6 is 0 Å². The van der Waals surface area contributed by atoms with E-state index in [0.717, 1.165) is 28.8 Å². The summed E-state index contributed by atoms with van der Waals surface area (Å²) in [7, 11) is 0. The number of hydroxylamine groups is 1. The smallest absolute Gasteiger partial charge is 0.268 e. The zero-order valence-electron chi connectivity index (χ0n) is 19.4. The molecule has 0 aromatic heterocycles. The third-order valence-corrected chi connectivity index (χ3v) is 5.17. The van der Waals surface area contributed by atoms with E-state index in [1.54, 1.807) is 24.3 Å². The van der Waals surface area contributed by atoms with E-state index in [9.17, 15) is 14.7 Å². The molecule has 0 spiro atoms. The van der Waals surface area contributed by atoms with Gasteiger partial charge >= 0.3 is 0 Å². The summed E-state index contributed by atoms with van der Waals surface area (Å²) in [5.41, 5.74) is 6.70. The van der Waals surface area contributed by atoms with Crippen molar-refractivity contribution in [1.29, 1.82) is 0 Å². The van der Waals surface area contributed by atoms with Gasteiger partial charge in [-0.05, 0) is 61.6 Å². The Morgan fingerprint density at radius 1 is 1.03 bits per heavy atom. The summed E-state index contributed by atoms with van der Waals surface area (Å²) < 4.78 is 0. The fourth-order valence-corrected chi connectivity index (χ4v) is 3.13. The van der Waals surface area contributed by atoms with E-state index in [-0.39, 0.29) is 0 Å². The van der Waals surface area contributed by atoms with Gasteiger partial charge in [0.2, 0.25) is 0 Å². The molecular formula is C26H31N3O4. The molecule has 33 heavy (non-hydrogen) atoms. The molecule has 4 N–H and O–H groups in total. The first kappa shape index (κ1) is 25.7. The Kier molecular flexibility index (Phi) is 9.72. The minimum absolute atomic E-state index is 0.309. The van der Waals surface area contributed by atoms with Crippen LogP contribution in [0, 0.1) is 0 Å². The first-order chi connectivity index (χ1) is 15.8. The number of amides is 2. The van der Waals surface area contributed by atoms with E-state index in [2.05, 4.69) is 41.5 Å². The van der Waals surface area contributed by atoms with E-state index < -0.39 is 24.0 Å². The van der Waals surface area contributed by atoms with Gasteiger partial charge < -0.3 is 10.4 Å². The molecule has 0 heterocycles. The monoisotopic (exact) mass is 449 g/mol. The van der Waals surface area contributed by atoms with Crippen LogP contribution in [0.5, 0.6) is 0 Å². The summed E-state index contributed by atoms with van der Waals surface area (Å²) in [5.74, 6) is -1.44. The quantitative estimate of drug-likeness (QED) is 0.203. The molecule has 0 aliphatic carbocycles. The lowest BCUT2D eigenvalue weighted by Gasteiger charge is -2.19. The predicted octanol–water partition coefficient (Wildman–Crippen LogP) is 3.66. The standard InChI is InChI=1S/C26H31N3O4/c1-5-7-23(21-10-8-19(6-2)9-11-21)16-27-17(3)20-12-14-22(15-13-20)25(31)28-24(18(4)30)26(32)29-33/h5,7-16,18,24,30,33H,6H2,1-4H3,(H,28,31)(H,29,32)/b7-5?,23-16+,27-17+/t18-,24+/m1/s1. The lowest BCUT2D eigenvalue weighted by molar-refractivity contribution is -0.133. The van der Waals surface area contributed by atoms with E-state index in [1.165, 1.54) is 18.0 Å². The lowest BCUT2D eigenvalue weighted by Crippen LogP contribution is -2.51. The number of hydrogen-bond donors (Lipinski definition) is 4. The van der Waals surface area contributed by atoms with Crippen molar-refractivity contribution in [3.05, 3.63) is 89.1 Å². The van der Waals surface area contributed by atoms with Gasteiger partial charge in [0.25, 0.3) is 11.8 Å². The SMILES string of the molecule is CC=C/C(=C\N=C(/C)c1ccc(C(=O)N[C@H](C(=O)NO)[C@@H](C)O)cc1)c1ccc(CC)cc1. The number of rotatable bonds is 9. The minimum atomic E-state index is -1.27. The molecular weight excluding hydrogens is 418 g/mol. The second-order valence-corrected chi connectivity index (χ2v) is 7.59. The molecule has 0 radical (unpaired) electrons. The highest BCUT2D eigenvalue weighted by molar-refractivity contribution is 6.02. The second-order valence-electron chi connectivity index (χ2n) is 7.59. The van der Waals surface area contributed by atoms with Crippen LogP contribution in [-0.4, -0.2) is 40.0 Å². The van der Waals surface area contributed by atoms with Gasteiger partial charge in [0.1, 0.15) is 6.04 Å². The Morgan fingerprint density at radius 2 is 1.61 bits per heavy atom. The summed E-state index contributed by atoms with van der Waals surface area (Å²) in [5, 5.41) is 20.8. The van der Waals surface area contributed by atoms with E-state index in [4.69, 9.17) is 5.21 Å². The van der Waals surface area contributed by atoms with E-state index in [1.807, 2.05) is 32.2 Å². The third kappa shape index (κ3) is 7.24. The number of aryl methyl sites for hydroxylation is 1. The lowest BCUT2D eigenvalue weighted by atomic mass is 10.0. The summed E-state index contributed by atoms with van der Waals surface area (Å²) in [4.78, 5) is 28.6. The van der Waals surface area contributed by atoms with Crippen molar-refractivity contribution in [2.75, 3.05) is 0 Å². The second kappa shape index (κ2) is 12.5. The number of aliphatic hydroxyl groups is 1. The maximum Gasteiger partial charge on any atom is 0.268 e. The maximum atomic E-state index is 12.4. The Balaban J connectivity index is 2.19. The van der Waals surface area contributed by atoms with E-state index >= 15 is 0 Å². The van der Waals surface area contributed by atoms with Gasteiger partial charge in [-0.1, -0.05) is 55.5 Å². The molecule has 0 saturated heterocycles. The zero-order chi connectivity index (χ0) is 24.4. The van der Waals surface area contributed by atoms with Gasteiger partial charge in [0, 0.05) is 17.5 Å². The molecule has 2 aromatic rings. The fraction of sp³-hybridized carbons (Fsp3) is 0.269. The van der Waals surface area contributed by atoms with Crippen molar-refractivity contribution < 1.29 is 19.9 Å². The molecule has 0 aliphatic rings. The Bertz CT molecular complexity index is 1040. The highest BCUT2D eigenvalue weighted by Gasteiger charge is 2.25. The Hall–Kier alpha value is -3.55. The van der Waals surface area contributed by atoms with Crippen LogP contribution in [0.1, 0.15) is 54.7 Å². The average molecular weight is 450 g/mol. The van der Waals surface area contributed by atoms with Crippen molar-refractivity contribution >= 4 is 23.1 Å². The Morgan fingerprint density at radius 3 is 2.12 bits per heavy atom. The Labute approximate surface area is 194 Å². The van der Waals surface area contributed by atoms with Crippen molar-refractivity contribution in [3.63, 3.8) is 0 Å². The number of nitrogens with zero attached hydrogens (tertiary/aromatic N) is 1. The molecule has 7 nitrogen and oxygen atoms in total. The molecule has 2 rings (SSSR count). The summed E-state index contributed by atoms with van der Waals surface area (Å²) in [6.45, 7) is 7.31. The number of aliphatic imine (C=N–C) groups is 1. The van der Waals surface area contributed by atoms with Crippen LogP contribution in [-0.2, 0) is 11.2 Å². The van der Waals surface area contributed by atoms with Gasteiger partial charge in [-0.3, -0.25) is 19.8 Å². The molecule has 0 aliphatic heterocycles. The van der Waals surface area contributed by atoms with Gasteiger partial charge in [0.15, 0.2) is 0 Å². The van der Waals surface area contributed by atoms with Gasteiger partial charge in [-0.2, -0.15) is 0 Å². The molecule has 0 unspecified atom stereocenters. The molecule has 0 fully saturated rings. The largest absolute Gasteiger partial charge is 0.391 e. The third-order valence-electron chi connectivity index (χ3n) is 5.17. The van der Waals surface area contributed by atoms with Crippen LogP contribution in [0.15, 0.2) is 71.9 Å². The van der Waals surface area contributed by atoms with Crippen LogP contribution in [0.4, 0.5) is 0 Å². The molecule has 174 valence electrons. The van der Waals surface area contributed by atoms with Crippen molar-refractivity contribution in [1.82, 2.24) is 10.8 Å². The number of nitrogens with one attached hydrogen (secondary N) is 2. The van der Waals surface area contributed by atoms with E-state index in [0.29, 0.717) is 5.56 Å². The summed E-state index contributed by atoms with van der Waals surface area (Å²) in [6, 6.07) is 13.9. The average Bonchev–Trinajstić information content (AvgIpc) is 2.84. The topological polar surface area (TPSA) is 111 Å². The van der Waals surface area contributed by atoms with Crippen LogP contribution in [0.2, 0.25) is 0 Å². The number of allylic oxidation sites excluding steroid dienone is 3. The number of carbonyl (C=O) groups is 2. The van der Waals surface area contributed by atoms with Crippen LogP contribution in [0.25, 0.3) is 5.57 Å². The normalized spacial score (nSPS) is 14.1.